The molecule has 50 heavy (non-hydrogen) atoms. The third kappa shape index (κ3) is 6.67. The SMILES string of the molecule is CN1Cc2ccc(C=Cc3nn(C4CCCCN4)c4nc(-c5ccc(O)cc5)cc(C(=O)N5CCN(C(=O)OC(C)(C)C)CC5)c34)cc2C1=O. The largest absolute Gasteiger partial charge is 0.508 e. The van der Waals surface area contributed by atoms with Crippen molar-refractivity contribution in [3.63, 3.8) is 0 Å². The fourth-order valence-corrected chi connectivity index (χ4v) is 6.82. The summed E-state index contributed by atoms with van der Waals surface area (Å²) in [6, 6.07) is 14.4. The van der Waals surface area contributed by atoms with E-state index in [1.807, 2.05) is 55.8 Å². The average molecular weight is 678 g/mol. The number of aromatic nitrogens is 3. The van der Waals surface area contributed by atoms with Crippen LogP contribution in [0.4, 0.5) is 4.79 Å². The molecule has 0 spiro atoms. The summed E-state index contributed by atoms with van der Waals surface area (Å²) in [5.74, 6) is -0.0463. The Morgan fingerprint density at radius 3 is 2.42 bits per heavy atom. The van der Waals surface area contributed by atoms with Crippen LogP contribution in [0.15, 0.2) is 48.5 Å². The van der Waals surface area contributed by atoms with Gasteiger partial charge in [-0.2, -0.15) is 5.10 Å². The first-order valence-corrected chi connectivity index (χ1v) is 17.2. The van der Waals surface area contributed by atoms with Crippen LogP contribution >= 0.6 is 0 Å². The van der Waals surface area contributed by atoms with Gasteiger partial charge in [-0.3, -0.25) is 14.9 Å². The van der Waals surface area contributed by atoms with Gasteiger partial charge in [0.25, 0.3) is 11.8 Å². The van der Waals surface area contributed by atoms with E-state index in [2.05, 4.69) is 5.32 Å². The molecule has 2 aromatic heterocycles. The maximum absolute atomic E-state index is 14.6. The van der Waals surface area contributed by atoms with Crippen LogP contribution in [0.1, 0.15) is 83.7 Å². The first-order valence-electron chi connectivity index (χ1n) is 17.2. The van der Waals surface area contributed by atoms with E-state index in [-0.39, 0.29) is 29.8 Å². The second-order valence-electron chi connectivity index (χ2n) is 14.3. The van der Waals surface area contributed by atoms with Crippen LogP contribution in [0, 0.1) is 0 Å². The Balaban J connectivity index is 1.31. The zero-order valence-electron chi connectivity index (χ0n) is 29.0. The van der Waals surface area contributed by atoms with Crippen LogP contribution in [0.3, 0.4) is 0 Å². The van der Waals surface area contributed by atoms with Gasteiger partial charge in [-0.15, -0.1) is 0 Å². The first kappa shape index (κ1) is 33.3. The molecule has 12 heteroatoms. The number of carbonyl (C=O) groups is 3. The van der Waals surface area contributed by atoms with Gasteiger partial charge in [-0.05, 0) is 100 Å². The Bertz CT molecular complexity index is 1980. The van der Waals surface area contributed by atoms with Gasteiger partial charge in [-0.25, -0.2) is 14.5 Å². The number of piperazine rings is 1. The number of pyridine rings is 1. The van der Waals surface area contributed by atoms with Crippen LogP contribution in [0.2, 0.25) is 0 Å². The van der Waals surface area contributed by atoms with Gasteiger partial charge in [0.2, 0.25) is 0 Å². The number of benzene rings is 2. The van der Waals surface area contributed by atoms with E-state index in [0.29, 0.717) is 66.3 Å². The van der Waals surface area contributed by atoms with Crippen LogP contribution in [0.25, 0.3) is 34.4 Å². The van der Waals surface area contributed by atoms with E-state index < -0.39 is 5.60 Å². The number of hydrogen-bond donors (Lipinski definition) is 2. The monoisotopic (exact) mass is 677 g/mol. The number of phenols is 1. The minimum atomic E-state index is -0.611. The maximum Gasteiger partial charge on any atom is 0.410 e. The van der Waals surface area contributed by atoms with E-state index >= 15 is 0 Å². The van der Waals surface area contributed by atoms with Gasteiger partial charge in [0.05, 0.1) is 22.3 Å². The number of amides is 3. The highest BCUT2D eigenvalue weighted by atomic mass is 16.6. The average Bonchev–Trinajstić information content (AvgIpc) is 3.62. The summed E-state index contributed by atoms with van der Waals surface area (Å²) in [5.41, 5.74) is 4.90. The molecule has 260 valence electrons. The Morgan fingerprint density at radius 2 is 1.72 bits per heavy atom. The molecule has 3 amide bonds. The molecule has 2 saturated heterocycles. The molecule has 2 aromatic carbocycles. The van der Waals surface area contributed by atoms with Crippen molar-refractivity contribution in [3.05, 3.63) is 76.5 Å². The quantitative estimate of drug-likeness (QED) is 0.282. The molecule has 0 aliphatic carbocycles. The van der Waals surface area contributed by atoms with Crippen molar-refractivity contribution in [3.8, 4) is 17.0 Å². The lowest BCUT2D eigenvalue weighted by Crippen LogP contribution is -2.51. The standard InChI is InChI=1S/C38H43N7O5/c1-38(2,3)50-37(49)44-19-17-43(18-20-44)36(48)29-22-31(25-11-13-27(46)14-12-25)40-34-33(29)30(41-45(34)32-7-5-6-16-39-32)15-9-24-8-10-26-23-42(4)35(47)28(26)21-24/h8-15,21-22,32,39,46H,5-7,16-20,23H2,1-4H3. The molecule has 1 unspecified atom stereocenters. The van der Waals surface area contributed by atoms with E-state index in [1.165, 1.54) is 0 Å². The highest BCUT2D eigenvalue weighted by molar-refractivity contribution is 6.09. The van der Waals surface area contributed by atoms with Crippen molar-refractivity contribution < 1.29 is 24.2 Å². The van der Waals surface area contributed by atoms with E-state index in [4.69, 9.17) is 14.8 Å². The molecule has 0 bridgehead atoms. The molecule has 4 aromatic rings. The van der Waals surface area contributed by atoms with Crippen LogP contribution < -0.4 is 5.32 Å². The molecule has 2 N–H and O–H groups in total. The minimum absolute atomic E-state index is 0.000963. The maximum atomic E-state index is 14.6. The normalized spacial score (nSPS) is 18.3. The number of fused-ring (bicyclic) bond motifs is 2. The predicted molar refractivity (Wildman–Crippen MR) is 190 cm³/mol. The number of nitrogens with zero attached hydrogens (tertiary/aromatic N) is 6. The Kier molecular flexibility index (Phi) is 8.81. The van der Waals surface area contributed by atoms with Crippen molar-refractivity contribution >= 4 is 41.1 Å². The number of phenolic OH excluding ortho intramolecular Hbond substituents is 1. The van der Waals surface area contributed by atoms with Gasteiger partial charge in [0, 0.05) is 50.9 Å². The number of ether oxygens (including phenoxy) is 1. The van der Waals surface area contributed by atoms with Crippen molar-refractivity contribution in [2.24, 2.45) is 0 Å². The smallest absolute Gasteiger partial charge is 0.410 e. The van der Waals surface area contributed by atoms with Crippen molar-refractivity contribution in [2.75, 3.05) is 39.8 Å². The Labute approximate surface area is 291 Å². The van der Waals surface area contributed by atoms with Crippen LogP contribution in [-0.4, -0.2) is 97.9 Å². The third-order valence-corrected chi connectivity index (χ3v) is 9.43. The number of carbonyl (C=O) groups excluding carboxylic acids is 3. The highest BCUT2D eigenvalue weighted by Crippen LogP contribution is 2.33. The molecule has 3 aliphatic rings. The zero-order chi connectivity index (χ0) is 35.2. The summed E-state index contributed by atoms with van der Waals surface area (Å²) in [5, 5.41) is 19.3. The summed E-state index contributed by atoms with van der Waals surface area (Å²) in [4.78, 5) is 50.3. The lowest BCUT2D eigenvalue weighted by atomic mass is 10.0. The molecule has 7 rings (SSSR count). The number of hydrogen-bond acceptors (Lipinski definition) is 8. The summed E-state index contributed by atoms with van der Waals surface area (Å²) in [7, 11) is 1.80. The molecule has 2 fully saturated rings. The number of aromatic hydroxyl groups is 1. The number of nitrogens with one attached hydrogen (secondary N) is 1. The summed E-state index contributed by atoms with van der Waals surface area (Å²) in [6.45, 7) is 8.34. The molecule has 1 atom stereocenters. The molecule has 3 aliphatic heterocycles. The second-order valence-corrected chi connectivity index (χ2v) is 14.3. The lowest BCUT2D eigenvalue weighted by molar-refractivity contribution is 0.0141. The van der Waals surface area contributed by atoms with Crippen LogP contribution in [-0.2, 0) is 11.3 Å². The molecule has 0 radical (unpaired) electrons. The molecule has 12 nitrogen and oxygen atoms in total. The van der Waals surface area contributed by atoms with E-state index in [1.54, 1.807) is 52.1 Å². The van der Waals surface area contributed by atoms with Crippen molar-refractivity contribution in [2.45, 2.75) is 58.3 Å². The lowest BCUT2D eigenvalue weighted by Gasteiger charge is -2.35. The zero-order valence-corrected chi connectivity index (χ0v) is 29.0. The Morgan fingerprint density at radius 1 is 0.980 bits per heavy atom. The van der Waals surface area contributed by atoms with Crippen molar-refractivity contribution in [1.82, 2.24) is 34.8 Å². The number of piperidine rings is 1. The van der Waals surface area contributed by atoms with Gasteiger partial charge in [0.1, 0.15) is 17.5 Å². The summed E-state index contributed by atoms with van der Waals surface area (Å²) < 4.78 is 7.47. The summed E-state index contributed by atoms with van der Waals surface area (Å²) >= 11 is 0. The molecule has 0 saturated carbocycles. The second kappa shape index (κ2) is 13.2. The Hall–Kier alpha value is -5.23. The fraction of sp³-hybridized carbons (Fsp3) is 0.395. The first-order chi connectivity index (χ1) is 23.9. The van der Waals surface area contributed by atoms with E-state index in [0.717, 1.165) is 42.5 Å². The topological polar surface area (TPSA) is 133 Å². The van der Waals surface area contributed by atoms with Gasteiger partial charge in [0.15, 0.2) is 5.65 Å². The molecular weight excluding hydrogens is 634 g/mol. The fourth-order valence-electron chi connectivity index (χ4n) is 6.82. The molecular formula is C38H43N7O5. The van der Waals surface area contributed by atoms with E-state index in [9.17, 15) is 19.5 Å². The molecule has 5 heterocycles. The number of rotatable bonds is 5. The van der Waals surface area contributed by atoms with Crippen molar-refractivity contribution in [1.29, 1.82) is 0 Å². The van der Waals surface area contributed by atoms with Gasteiger partial charge < -0.3 is 24.5 Å². The van der Waals surface area contributed by atoms with Gasteiger partial charge >= 0.3 is 6.09 Å². The third-order valence-electron chi connectivity index (χ3n) is 9.43. The predicted octanol–water partition coefficient (Wildman–Crippen LogP) is 5.52. The minimum Gasteiger partial charge on any atom is -0.508 e. The highest BCUT2D eigenvalue weighted by Gasteiger charge is 2.31. The summed E-state index contributed by atoms with van der Waals surface area (Å²) in [6.07, 6.45) is 6.29. The van der Waals surface area contributed by atoms with Gasteiger partial charge in [-0.1, -0.05) is 18.2 Å². The van der Waals surface area contributed by atoms with Crippen LogP contribution in [0.5, 0.6) is 5.75 Å².